The number of ether oxygens (including phenoxy) is 1. The number of hydrogen-bond acceptors (Lipinski definition) is 8. The summed E-state index contributed by atoms with van der Waals surface area (Å²) in [6.07, 6.45) is 5.90. The number of nitrogens with zero attached hydrogens (tertiary/aromatic N) is 8. The van der Waals surface area contributed by atoms with Gasteiger partial charge in [0.2, 0.25) is 0 Å². The minimum atomic E-state index is -0.519. The summed E-state index contributed by atoms with van der Waals surface area (Å²) in [6.45, 7) is 11.9. The maximum Gasteiger partial charge on any atom is 0.410 e. The number of carbonyl (C=O) groups is 2. The van der Waals surface area contributed by atoms with Crippen LogP contribution < -0.4 is 15.1 Å². The number of carbonyl (C=O) groups excluding carboxylic acids is 2. The Morgan fingerprint density at radius 3 is 2.63 bits per heavy atom. The summed E-state index contributed by atoms with van der Waals surface area (Å²) < 4.78 is 7.25. The molecule has 38 heavy (non-hydrogen) atoms. The second kappa shape index (κ2) is 8.53. The monoisotopic (exact) mass is 519 g/mol. The van der Waals surface area contributed by atoms with E-state index in [9.17, 15) is 9.59 Å². The van der Waals surface area contributed by atoms with Crippen molar-refractivity contribution >= 4 is 35.1 Å². The number of amides is 3. The van der Waals surface area contributed by atoms with Crippen LogP contribution in [0.2, 0.25) is 0 Å². The van der Waals surface area contributed by atoms with Gasteiger partial charge in [0.05, 0.1) is 23.1 Å². The van der Waals surface area contributed by atoms with Gasteiger partial charge in [0.25, 0.3) is 5.78 Å². The lowest BCUT2D eigenvalue weighted by Crippen LogP contribution is -2.58. The van der Waals surface area contributed by atoms with Crippen molar-refractivity contribution in [3.63, 3.8) is 0 Å². The molecule has 12 nitrogen and oxygen atoms in total. The first-order valence-corrected chi connectivity index (χ1v) is 13.1. The number of nitrogens with one attached hydrogen (secondary N) is 1. The number of piperazine rings is 1. The third kappa shape index (κ3) is 4.27. The minimum Gasteiger partial charge on any atom is -0.444 e. The minimum absolute atomic E-state index is 0.185. The van der Waals surface area contributed by atoms with E-state index in [0.29, 0.717) is 54.9 Å². The highest BCUT2D eigenvalue weighted by Gasteiger charge is 2.54. The topological polar surface area (TPSA) is 121 Å². The van der Waals surface area contributed by atoms with Gasteiger partial charge in [-0.05, 0) is 59.9 Å². The Morgan fingerprint density at radius 1 is 1.11 bits per heavy atom. The lowest BCUT2D eigenvalue weighted by molar-refractivity contribution is 0.0106. The first-order chi connectivity index (χ1) is 18.0. The van der Waals surface area contributed by atoms with Crippen LogP contribution in [-0.4, -0.2) is 78.9 Å². The molecule has 12 heteroatoms. The van der Waals surface area contributed by atoms with Crippen LogP contribution in [0.5, 0.6) is 0 Å². The summed E-state index contributed by atoms with van der Waals surface area (Å²) in [6, 6.07) is 1.76. The van der Waals surface area contributed by atoms with Crippen molar-refractivity contribution in [1.82, 2.24) is 29.5 Å². The van der Waals surface area contributed by atoms with Crippen molar-refractivity contribution in [3.8, 4) is 0 Å². The largest absolute Gasteiger partial charge is 0.444 e. The van der Waals surface area contributed by atoms with E-state index < -0.39 is 5.60 Å². The highest BCUT2D eigenvalue weighted by atomic mass is 16.6. The normalized spacial score (nSPS) is 18.2. The van der Waals surface area contributed by atoms with Gasteiger partial charge >= 0.3 is 12.1 Å². The molecule has 2 aliphatic heterocycles. The SMILES string of the molecule is Cc1nc2nc(C)c(NC(=O)N3CCc4c(N5CCN(C(=O)OC(C)(C)C)C6(CC6)C5)ccnc43)cn2n1. The van der Waals surface area contributed by atoms with E-state index in [4.69, 9.17) is 4.74 Å². The van der Waals surface area contributed by atoms with Gasteiger partial charge in [-0.3, -0.25) is 9.80 Å². The zero-order chi connectivity index (χ0) is 26.8. The van der Waals surface area contributed by atoms with Crippen molar-refractivity contribution in [3.05, 3.63) is 35.5 Å². The standard InChI is InChI=1S/C26H33N9O3/c1-16-19(14-35-22(28-16)29-17(2)31-35)30-23(36)33-11-7-18-20(6-10-27-21(18)33)32-12-13-34(26(15-32)8-9-26)24(37)38-25(3,4)5/h6,10,14H,7-9,11-13,15H2,1-5H3,(H,30,36). The van der Waals surface area contributed by atoms with E-state index in [0.717, 1.165) is 30.6 Å². The van der Waals surface area contributed by atoms with Crippen molar-refractivity contribution in [2.75, 3.05) is 41.3 Å². The first-order valence-electron chi connectivity index (χ1n) is 13.1. The molecule has 0 atom stereocenters. The number of hydrogen-bond donors (Lipinski definition) is 1. The predicted octanol–water partition coefficient (Wildman–Crippen LogP) is 3.32. The molecule has 200 valence electrons. The molecule has 0 unspecified atom stereocenters. The number of aromatic nitrogens is 5. The zero-order valence-electron chi connectivity index (χ0n) is 22.5. The molecule has 5 heterocycles. The molecule has 3 amide bonds. The average Bonchev–Trinajstić information content (AvgIpc) is 3.29. The Morgan fingerprint density at radius 2 is 1.89 bits per heavy atom. The van der Waals surface area contributed by atoms with Crippen LogP contribution in [0.1, 0.15) is 50.7 Å². The van der Waals surface area contributed by atoms with E-state index >= 15 is 0 Å². The molecule has 1 N–H and O–H groups in total. The fourth-order valence-electron chi connectivity index (χ4n) is 5.44. The summed E-state index contributed by atoms with van der Waals surface area (Å²) in [5, 5.41) is 7.27. The average molecular weight is 520 g/mol. The molecule has 3 aliphatic rings. The number of urea groups is 1. The van der Waals surface area contributed by atoms with E-state index in [1.54, 1.807) is 28.7 Å². The number of pyridine rings is 1. The molecular weight excluding hydrogens is 486 g/mol. The number of anilines is 3. The lowest BCUT2D eigenvalue weighted by atomic mass is 10.1. The summed E-state index contributed by atoms with van der Waals surface area (Å²) in [7, 11) is 0. The van der Waals surface area contributed by atoms with Crippen molar-refractivity contribution in [2.45, 2.75) is 65.0 Å². The van der Waals surface area contributed by atoms with Gasteiger partial charge in [0, 0.05) is 43.6 Å². The van der Waals surface area contributed by atoms with Crippen molar-refractivity contribution < 1.29 is 14.3 Å². The quantitative estimate of drug-likeness (QED) is 0.547. The van der Waals surface area contributed by atoms with E-state index in [1.165, 1.54) is 0 Å². The summed E-state index contributed by atoms with van der Waals surface area (Å²) in [5.74, 6) is 1.78. The fraction of sp³-hybridized carbons (Fsp3) is 0.538. The molecule has 1 aliphatic carbocycles. The second-order valence-corrected chi connectivity index (χ2v) is 11.4. The second-order valence-electron chi connectivity index (χ2n) is 11.4. The third-order valence-electron chi connectivity index (χ3n) is 7.40. The van der Waals surface area contributed by atoms with Crippen LogP contribution >= 0.6 is 0 Å². The molecule has 0 radical (unpaired) electrons. The molecule has 3 aromatic rings. The number of aryl methyl sites for hydroxylation is 2. The molecule has 1 saturated carbocycles. The molecular formula is C26H33N9O3. The lowest BCUT2D eigenvalue weighted by Gasteiger charge is -2.43. The van der Waals surface area contributed by atoms with E-state index in [2.05, 4.69) is 30.3 Å². The van der Waals surface area contributed by atoms with Crippen LogP contribution in [-0.2, 0) is 11.2 Å². The number of rotatable bonds is 2. The molecule has 2 fully saturated rings. The van der Waals surface area contributed by atoms with Gasteiger partial charge in [-0.2, -0.15) is 10.1 Å². The molecule has 1 spiro atoms. The summed E-state index contributed by atoms with van der Waals surface area (Å²) >= 11 is 0. The van der Waals surface area contributed by atoms with Crippen molar-refractivity contribution in [1.29, 1.82) is 0 Å². The van der Waals surface area contributed by atoms with Gasteiger partial charge < -0.3 is 15.0 Å². The van der Waals surface area contributed by atoms with Crippen LogP contribution in [0.15, 0.2) is 18.5 Å². The first kappa shape index (κ1) is 24.4. The Labute approximate surface area is 221 Å². The Kier molecular flexibility index (Phi) is 5.48. The van der Waals surface area contributed by atoms with Crippen LogP contribution in [0.25, 0.3) is 5.78 Å². The maximum atomic E-state index is 13.3. The van der Waals surface area contributed by atoms with E-state index in [-0.39, 0.29) is 17.7 Å². The Balaban J connectivity index is 1.20. The Hall–Kier alpha value is -3.96. The smallest absolute Gasteiger partial charge is 0.410 e. The van der Waals surface area contributed by atoms with Gasteiger partial charge in [-0.1, -0.05) is 0 Å². The third-order valence-corrected chi connectivity index (χ3v) is 7.40. The van der Waals surface area contributed by atoms with Crippen molar-refractivity contribution in [2.24, 2.45) is 0 Å². The van der Waals surface area contributed by atoms with Gasteiger partial charge in [-0.15, -0.1) is 0 Å². The molecule has 3 aromatic heterocycles. The van der Waals surface area contributed by atoms with Gasteiger partial charge in [0.15, 0.2) is 0 Å². The summed E-state index contributed by atoms with van der Waals surface area (Å²) in [4.78, 5) is 45.4. The van der Waals surface area contributed by atoms with Crippen LogP contribution in [0.4, 0.5) is 26.8 Å². The fourth-order valence-corrected chi connectivity index (χ4v) is 5.44. The number of fused-ring (bicyclic) bond motifs is 2. The predicted molar refractivity (Wildman–Crippen MR) is 142 cm³/mol. The maximum absolute atomic E-state index is 13.3. The highest BCUT2D eigenvalue weighted by Crippen LogP contribution is 2.47. The Bertz CT molecular complexity index is 1440. The summed E-state index contributed by atoms with van der Waals surface area (Å²) in [5.41, 5.74) is 2.67. The van der Waals surface area contributed by atoms with Gasteiger partial charge in [-0.25, -0.2) is 24.1 Å². The zero-order valence-corrected chi connectivity index (χ0v) is 22.5. The van der Waals surface area contributed by atoms with Gasteiger partial charge in [0.1, 0.15) is 17.2 Å². The van der Waals surface area contributed by atoms with E-state index in [1.807, 2.05) is 38.7 Å². The van der Waals surface area contributed by atoms with Crippen LogP contribution in [0.3, 0.4) is 0 Å². The van der Waals surface area contributed by atoms with Crippen LogP contribution in [0, 0.1) is 13.8 Å². The molecule has 0 bridgehead atoms. The molecule has 0 aromatic carbocycles. The highest BCUT2D eigenvalue weighted by molar-refractivity contribution is 6.03. The molecule has 6 rings (SSSR count). The molecule has 1 saturated heterocycles.